The molecule has 2 heterocycles. The largest absolute Gasteiger partial charge is 0.409 e. The molecule has 0 aliphatic heterocycles. The summed E-state index contributed by atoms with van der Waals surface area (Å²) in [6.07, 6.45) is 0. The average molecular weight is 745 g/mol. The van der Waals surface area contributed by atoms with Gasteiger partial charge in [0.1, 0.15) is 22.4 Å². The molecule has 264 valence electrons. The fourth-order valence-electron chi connectivity index (χ4n) is 5.49. The number of aryl methyl sites for hydroxylation is 2. The Labute approximate surface area is 305 Å². The van der Waals surface area contributed by atoms with Crippen LogP contribution < -0.4 is 18.9 Å². The van der Waals surface area contributed by atoms with Gasteiger partial charge in [-0.15, -0.1) is 0 Å². The van der Waals surface area contributed by atoms with E-state index in [0.29, 0.717) is 26.2 Å². The van der Waals surface area contributed by atoms with Gasteiger partial charge in [-0.1, -0.05) is 24.3 Å². The van der Waals surface area contributed by atoms with Crippen LogP contribution in [0.4, 0.5) is 33.0 Å². The highest BCUT2D eigenvalue weighted by molar-refractivity contribution is 7.81. The van der Waals surface area contributed by atoms with Crippen molar-refractivity contribution in [2.45, 2.75) is 13.8 Å². The van der Waals surface area contributed by atoms with Crippen LogP contribution in [0.25, 0.3) is 20.4 Å². The number of hydrogen-bond acceptors (Lipinski definition) is 12. The molecule has 0 atom stereocenters. The Hall–Kier alpha value is -4.67. The van der Waals surface area contributed by atoms with E-state index in [2.05, 4.69) is 44.7 Å². The van der Waals surface area contributed by atoms with Gasteiger partial charge < -0.3 is 9.80 Å². The van der Waals surface area contributed by atoms with Crippen LogP contribution in [0, 0.1) is 0 Å². The van der Waals surface area contributed by atoms with Crippen LogP contribution in [0.5, 0.6) is 0 Å². The zero-order valence-corrected chi connectivity index (χ0v) is 31.4. The predicted octanol–water partition coefficient (Wildman–Crippen LogP) is 8.23. The molecule has 15 heteroatoms. The van der Waals surface area contributed by atoms with E-state index >= 15 is 0 Å². The highest BCUT2D eigenvalue weighted by Gasteiger charge is 2.18. The van der Waals surface area contributed by atoms with Crippen LogP contribution in [0.15, 0.2) is 118 Å². The Morgan fingerprint density at radius 3 is 1.35 bits per heavy atom. The third kappa shape index (κ3) is 8.98. The molecule has 0 aliphatic carbocycles. The Morgan fingerprint density at radius 2 is 0.980 bits per heavy atom. The third-order valence-electron chi connectivity index (χ3n) is 8.30. The number of rotatable bonds is 16. The summed E-state index contributed by atoms with van der Waals surface area (Å²) in [6, 6.07) is 31.6. The van der Waals surface area contributed by atoms with Gasteiger partial charge in [-0.3, -0.25) is 0 Å². The number of para-hydroxylation sites is 2. The molecular weight excluding hydrogens is 705 g/mol. The molecule has 0 spiro atoms. The lowest BCUT2D eigenvalue weighted by Gasteiger charge is -2.23. The van der Waals surface area contributed by atoms with Gasteiger partial charge in [0, 0.05) is 37.6 Å². The Morgan fingerprint density at radius 1 is 0.588 bits per heavy atom. The number of azo groups is 2. The zero-order valence-electron chi connectivity index (χ0n) is 28.9. The van der Waals surface area contributed by atoms with Crippen molar-refractivity contribution in [3.05, 3.63) is 97.1 Å². The van der Waals surface area contributed by atoms with Crippen LogP contribution >= 0.6 is 22.7 Å². The van der Waals surface area contributed by atoms with Crippen LogP contribution in [0.2, 0.25) is 0 Å². The molecule has 0 bridgehead atoms. The lowest BCUT2D eigenvalue weighted by molar-refractivity contribution is -0.628. The maximum atomic E-state index is 12.5. The second-order valence-corrected chi connectivity index (χ2v) is 14.8. The van der Waals surface area contributed by atoms with Gasteiger partial charge in [-0.25, -0.2) is 17.5 Å². The molecule has 51 heavy (non-hydrogen) atoms. The van der Waals surface area contributed by atoms with Crippen molar-refractivity contribution in [3.63, 3.8) is 0 Å². The van der Waals surface area contributed by atoms with E-state index in [4.69, 9.17) is 8.37 Å². The van der Waals surface area contributed by atoms with E-state index in [9.17, 15) is 8.42 Å². The highest BCUT2D eigenvalue weighted by atomic mass is 32.3. The van der Waals surface area contributed by atoms with Gasteiger partial charge in [0.05, 0.1) is 46.9 Å². The van der Waals surface area contributed by atoms with Crippen molar-refractivity contribution < 1.29 is 25.9 Å². The van der Waals surface area contributed by atoms with E-state index in [1.807, 2.05) is 120 Å². The van der Waals surface area contributed by atoms with Crippen molar-refractivity contribution in [2.75, 3.05) is 49.2 Å². The first-order valence-corrected chi connectivity index (χ1v) is 19.5. The van der Waals surface area contributed by atoms with Gasteiger partial charge in [-0.05, 0) is 120 Å². The molecule has 0 unspecified atom stereocenters. The summed E-state index contributed by atoms with van der Waals surface area (Å²) in [5.41, 5.74) is 5.51. The quantitative estimate of drug-likeness (QED) is 0.0729. The lowest BCUT2D eigenvalue weighted by atomic mass is 10.2. The first-order chi connectivity index (χ1) is 24.7. The summed E-state index contributed by atoms with van der Waals surface area (Å²) in [7, 11) is -0.215. The molecular formula is C36H40N8O4S3+2. The Balaban J connectivity index is 0.953. The number of likely N-dealkylation sites (N-methyl/N-ethyl adjacent to an activating group) is 2. The van der Waals surface area contributed by atoms with Crippen molar-refractivity contribution in [1.82, 2.24) is 0 Å². The molecule has 0 saturated heterocycles. The molecule has 0 radical (unpaired) electrons. The van der Waals surface area contributed by atoms with E-state index < -0.39 is 10.4 Å². The number of anilines is 2. The van der Waals surface area contributed by atoms with E-state index in [1.54, 1.807) is 22.7 Å². The summed E-state index contributed by atoms with van der Waals surface area (Å²) in [6.45, 7) is 5.96. The lowest BCUT2D eigenvalue weighted by Crippen LogP contribution is -2.30. The summed E-state index contributed by atoms with van der Waals surface area (Å²) in [5.74, 6) is 0. The van der Waals surface area contributed by atoms with Gasteiger partial charge >= 0.3 is 20.7 Å². The fourth-order valence-corrected chi connectivity index (χ4v) is 8.05. The zero-order chi connectivity index (χ0) is 35.8. The molecule has 6 aromatic rings. The smallest absolute Gasteiger partial charge is 0.369 e. The number of thiazole rings is 2. The van der Waals surface area contributed by atoms with Crippen LogP contribution in [0.3, 0.4) is 0 Å². The minimum Gasteiger partial charge on any atom is -0.369 e. The van der Waals surface area contributed by atoms with Crippen molar-refractivity contribution >= 4 is 86.5 Å². The average Bonchev–Trinajstić information content (AvgIpc) is 3.65. The van der Waals surface area contributed by atoms with Crippen molar-refractivity contribution in [1.29, 1.82) is 0 Å². The van der Waals surface area contributed by atoms with Gasteiger partial charge in [-0.2, -0.15) is 8.42 Å². The Kier molecular flexibility index (Phi) is 11.7. The standard InChI is InChI=1S/C36H40N8O4S3/c1-5-43(29-19-15-27(16-20-29)37-39-35-41(3)31-11-7-9-13-33(31)49-35)23-25-47-51(45,46)48-26-24-44(6-2)30-21-17-28(18-22-30)38-40-36-42(4)32-12-8-10-14-34(32)50-36/h7-22H,5-6,23-26H2,1-4H3/q+2. The monoisotopic (exact) mass is 744 g/mol. The number of hydrogen-bond donors (Lipinski definition) is 0. The molecule has 0 amide bonds. The fraction of sp³-hybridized carbons (Fsp3) is 0.278. The van der Waals surface area contributed by atoms with E-state index in [-0.39, 0.29) is 13.2 Å². The summed E-state index contributed by atoms with van der Waals surface area (Å²) < 4.78 is 41.8. The number of nitrogens with zero attached hydrogens (tertiary/aromatic N) is 8. The number of benzene rings is 4. The number of fused-ring (bicyclic) bond motifs is 2. The first-order valence-electron chi connectivity index (χ1n) is 16.6. The highest BCUT2D eigenvalue weighted by Crippen LogP contribution is 2.29. The summed E-state index contributed by atoms with van der Waals surface area (Å²) in [4.78, 5) is 4.04. The normalized spacial score (nSPS) is 12.2. The molecule has 0 aliphatic rings. The first kappa shape index (κ1) is 36.1. The van der Waals surface area contributed by atoms with Gasteiger partial charge in [0.2, 0.25) is 0 Å². The Bertz CT molecular complexity index is 2100. The van der Waals surface area contributed by atoms with Crippen molar-refractivity contribution in [2.24, 2.45) is 34.6 Å². The topological polar surface area (TPSA) is 116 Å². The second-order valence-electron chi connectivity index (χ2n) is 11.5. The predicted molar refractivity (Wildman–Crippen MR) is 204 cm³/mol. The third-order valence-corrected chi connectivity index (χ3v) is 11.4. The SMILES string of the molecule is CCN(CCOS(=O)(=O)OCCN(CC)c1ccc(N=Nc2sc3ccccc3[n+]2C)cc1)c1ccc(N=Nc2sc3ccccc3[n+]2C)cc1. The van der Waals surface area contributed by atoms with Gasteiger partial charge in [0.25, 0.3) is 0 Å². The molecule has 4 aromatic carbocycles. The molecule has 2 aromatic heterocycles. The number of aromatic nitrogens is 2. The van der Waals surface area contributed by atoms with Crippen molar-refractivity contribution in [3.8, 4) is 0 Å². The van der Waals surface area contributed by atoms with Gasteiger partial charge in [0.15, 0.2) is 0 Å². The summed E-state index contributed by atoms with van der Waals surface area (Å²) >= 11 is 3.17. The van der Waals surface area contributed by atoms with E-state index in [1.165, 1.54) is 0 Å². The maximum absolute atomic E-state index is 12.5. The van der Waals surface area contributed by atoms with Crippen LogP contribution in [0.1, 0.15) is 13.8 Å². The molecule has 0 N–H and O–H groups in total. The second kappa shape index (κ2) is 16.6. The molecule has 0 saturated carbocycles. The van der Waals surface area contributed by atoms with Crippen LogP contribution in [-0.4, -0.2) is 47.8 Å². The molecule has 12 nitrogen and oxygen atoms in total. The van der Waals surface area contributed by atoms with Crippen LogP contribution in [-0.2, 0) is 32.9 Å². The van der Waals surface area contributed by atoms with E-state index in [0.717, 1.165) is 53.4 Å². The molecule has 0 fully saturated rings. The molecule has 6 rings (SSSR count). The minimum absolute atomic E-state index is 0.0485. The maximum Gasteiger partial charge on any atom is 0.409 e. The summed E-state index contributed by atoms with van der Waals surface area (Å²) in [5, 5.41) is 19.4. The minimum atomic E-state index is -4.17.